The summed E-state index contributed by atoms with van der Waals surface area (Å²) in [6, 6.07) is 8.01. The van der Waals surface area contributed by atoms with E-state index in [1.165, 1.54) is 7.11 Å². The second-order valence-electron chi connectivity index (χ2n) is 6.58. The third-order valence-corrected chi connectivity index (χ3v) is 5.09. The Labute approximate surface area is 145 Å². The van der Waals surface area contributed by atoms with Gasteiger partial charge < -0.3 is 15.0 Å². The van der Waals surface area contributed by atoms with Crippen LogP contribution >= 0.6 is 0 Å². The molecule has 0 unspecified atom stereocenters. The number of hydrogen-bond acceptors (Lipinski definition) is 4. The number of aromatic amines is 1. The molecule has 1 atom stereocenters. The number of dihydropyridines is 1. The number of ether oxygens (including phenoxy) is 1. The Morgan fingerprint density at radius 2 is 2.08 bits per heavy atom. The number of aromatic nitrogens is 1. The molecule has 0 spiro atoms. The van der Waals surface area contributed by atoms with E-state index in [2.05, 4.69) is 10.3 Å². The summed E-state index contributed by atoms with van der Waals surface area (Å²) in [7, 11) is 1.38. The monoisotopic (exact) mass is 336 g/mol. The highest BCUT2D eigenvalue weighted by molar-refractivity contribution is 6.04. The molecule has 0 fully saturated rings. The first-order valence-corrected chi connectivity index (χ1v) is 8.49. The maximum absolute atomic E-state index is 12.7. The highest BCUT2D eigenvalue weighted by Crippen LogP contribution is 2.42. The fourth-order valence-electron chi connectivity index (χ4n) is 3.95. The normalized spacial score (nSPS) is 20.6. The number of carbonyl (C=O) groups excluding carboxylic acids is 2. The molecule has 5 heteroatoms. The second-order valence-corrected chi connectivity index (χ2v) is 6.58. The summed E-state index contributed by atoms with van der Waals surface area (Å²) >= 11 is 0. The van der Waals surface area contributed by atoms with Crippen molar-refractivity contribution in [1.82, 2.24) is 10.3 Å². The SMILES string of the molecule is COC(=O)C1=C(C)NC2=C(C(=O)CCC2)[C@H]1c1ccc2[nH]ccc2c1. The van der Waals surface area contributed by atoms with Crippen molar-refractivity contribution in [3.05, 3.63) is 58.6 Å². The fourth-order valence-corrected chi connectivity index (χ4v) is 3.95. The minimum Gasteiger partial charge on any atom is -0.466 e. The summed E-state index contributed by atoms with van der Waals surface area (Å²) in [5, 5.41) is 4.34. The van der Waals surface area contributed by atoms with Crippen LogP contribution in [0.15, 0.2) is 53.0 Å². The van der Waals surface area contributed by atoms with E-state index in [4.69, 9.17) is 4.74 Å². The van der Waals surface area contributed by atoms with E-state index in [1.54, 1.807) is 0 Å². The average molecular weight is 336 g/mol. The summed E-state index contributed by atoms with van der Waals surface area (Å²) in [5.74, 6) is -0.660. The lowest BCUT2D eigenvalue weighted by molar-refractivity contribution is -0.136. The van der Waals surface area contributed by atoms with Crippen LogP contribution in [-0.4, -0.2) is 23.8 Å². The van der Waals surface area contributed by atoms with Gasteiger partial charge in [0.15, 0.2) is 5.78 Å². The van der Waals surface area contributed by atoms with Gasteiger partial charge in [0.1, 0.15) is 0 Å². The van der Waals surface area contributed by atoms with Crippen molar-refractivity contribution < 1.29 is 14.3 Å². The molecular weight excluding hydrogens is 316 g/mol. The molecule has 2 N–H and O–H groups in total. The maximum Gasteiger partial charge on any atom is 0.336 e. The van der Waals surface area contributed by atoms with Crippen LogP contribution in [0.4, 0.5) is 0 Å². The molecule has 2 aromatic rings. The van der Waals surface area contributed by atoms with Gasteiger partial charge in [-0.15, -0.1) is 0 Å². The number of esters is 1. The number of nitrogens with one attached hydrogen (secondary N) is 2. The number of H-pyrrole nitrogens is 1. The Kier molecular flexibility index (Phi) is 3.71. The van der Waals surface area contributed by atoms with E-state index < -0.39 is 5.97 Å². The second kappa shape index (κ2) is 5.92. The molecule has 1 aliphatic heterocycles. The van der Waals surface area contributed by atoms with Crippen molar-refractivity contribution in [3.63, 3.8) is 0 Å². The van der Waals surface area contributed by atoms with Crippen molar-refractivity contribution in [2.45, 2.75) is 32.1 Å². The molecule has 5 nitrogen and oxygen atoms in total. The fraction of sp³-hybridized carbons (Fsp3) is 0.300. The van der Waals surface area contributed by atoms with Gasteiger partial charge in [0.25, 0.3) is 0 Å². The number of fused-ring (bicyclic) bond motifs is 1. The molecule has 0 saturated heterocycles. The molecule has 1 aliphatic carbocycles. The number of carbonyl (C=O) groups is 2. The molecule has 0 amide bonds. The molecule has 0 bridgehead atoms. The first-order valence-electron chi connectivity index (χ1n) is 8.49. The lowest BCUT2D eigenvalue weighted by Crippen LogP contribution is -2.34. The molecule has 128 valence electrons. The van der Waals surface area contributed by atoms with Crippen LogP contribution in [-0.2, 0) is 14.3 Å². The van der Waals surface area contributed by atoms with Crippen LogP contribution in [0.1, 0.15) is 37.7 Å². The molecule has 25 heavy (non-hydrogen) atoms. The van der Waals surface area contributed by atoms with Gasteiger partial charge in [0.2, 0.25) is 0 Å². The van der Waals surface area contributed by atoms with E-state index in [9.17, 15) is 9.59 Å². The number of Topliss-reactive ketones (excluding diaryl/α,β-unsaturated/α-hetero) is 1. The van der Waals surface area contributed by atoms with Gasteiger partial charge >= 0.3 is 5.97 Å². The van der Waals surface area contributed by atoms with Crippen molar-refractivity contribution in [2.75, 3.05) is 7.11 Å². The third kappa shape index (κ3) is 2.47. The van der Waals surface area contributed by atoms with Crippen molar-refractivity contribution in [3.8, 4) is 0 Å². The highest BCUT2D eigenvalue weighted by atomic mass is 16.5. The largest absolute Gasteiger partial charge is 0.466 e. The number of methoxy groups -OCH3 is 1. The van der Waals surface area contributed by atoms with Crippen LogP contribution in [0.25, 0.3) is 10.9 Å². The van der Waals surface area contributed by atoms with Crippen LogP contribution in [0.3, 0.4) is 0 Å². The van der Waals surface area contributed by atoms with E-state index in [-0.39, 0.29) is 11.7 Å². The number of ketones is 1. The lowest BCUT2D eigenvalue weighted by atomic mass is 9.75. The summed E-state index contributed by atoms with van der Waals surface area (Å²) in [4.78, 5) is 28.4. The first-order chi connectivity index (χ1) is 12.1. The molecule has 1 aromatic carbocycles. The zero-order chi connectivity index (χ0) is 17.6. The number of benzene rings is 1. The Morgan fingerprint density at radius 3 is 2.88 bits per heavy atom. The maximum atomic E-state index is 12.7. The average Bonchev–Trinajstić information content (AvgIpc) is 3.07. The van der Waals surface area contributed by atoms with Gasteiger partial charge in [-0.05, 0) is 48.9 Å². The van der Waals surface area contributed by atoms with E-state index >= 15 is 0 Å². The van der Waals surface area contributed by atoms with Crippen molar-refractivity contribution in [2.24, 2.45) is 0 Å². The van der Waals surface area contributed by atoms with Crippen LogP contribution < -0.4 is 5.32 Å². The molecule has 0 saturated carbocycles. The van der Waals surface area contributed by atoms with E-state index in [0.717, 1.165) is 40.7 Å². The minimum absolute atomic E-state index is 0.113. The molecule has 1 aromatic heterocycles. The van der Waals surface area contributed by atoms with Gasteiger partial charge in [0, 0.05) is 41.0 Å². The summed E-state index contributed by atoms with van der Waals surface area (Å²) in [6.07, 6.45) is 4.08. The molecule has 2 aliphatic rings. The number of hydrogen-bond donors (Lipinski definition) is 2. The number of rotatable bonds is 2. The van der Waals surface area contributed by atoms with Crippen LogP contribution in [0.5, 0.6) is 0 Å². The predicted molar refractivity (Wildman–Crippen MR) is 94.8 cm³/mol. The Bertz CT molecular complexity index is 949. The van der Waals surface area contributed by atoms with Crippen molar-refractivity contribution in [1.29, 1.82) is 0 Å². The smallest absolute Gasteiger partial charge is 0.336 e. The predicted octanol–water partition coefficient (Wildman–Crippen LogP) is 3.31. The Balaban J connectivity index is 1.93. The van der Waals surface area contributed by atoms with Gasteiger partial charge in [-0.25, -0.2) is 4.79 Å². The molecule has 0 radical (unpaired) electrons. The molecule has 4 rings (SSSR count). The zero-order valence-electron chi connectivity index (χ0n) is 14.3. The Hall–Kier alpha value is -2.82. The first kappa shape index (κ1) is 15.7. The zero-order valence-corrected chi connectivity index (χ0v) is 14.3. The van der Waals surface area contributed by atoms with E-state index in [0.29, 0.717) is 17.6 Å². The quantitative estimate of drug-likeness (QED) is 0.826. The van der Waals surface area contributed by atoms with Gasteiger partial charge in [-0.3, -0.25) is 4.79 Å². The Morgan fingerprint density at radius 1 is 1.24 bits per heavy atom. The minimum atomic E-state index is -0.394. The van der Waals surface area contributed by atoms with Gasteiger partial charge in [0.05, 0.1) is 12.7 Å². The standard InChI is InChI=1S/C20H20N2O3/c1-11-17(20(24)25-2)18(19-15(22-11)4-3-5-16(19)23)13-6-7-14-12(10-13)8-9-21-14/h6-10,18,21-22H,3-5H2,1-2H3/t18-/m0/s1. The third-order valence-electron chi connectivity index (χ3n) is 5.09. The highest BCUT2D eigenvalue weighted by Gasteiger charge is 2.38. The summed E-state index contributed by atoms with van der Waals surface area (Å²) in [5.41, 5.74) is 4.91. The van der Waals surface area contributed by atoms with Crippen LogP contribution in [0, 0.1) is 0 Å². The van der Waals surface area contributed by atoms with Crippen LogP contribution in [0.2, 0.25) is 0 Å². The summed E-state index contributed by atoms with van der Waals surface area (Å²) < 4.78 is 5.02. The lowest BCUT2D eigenvalue weighted by Gasteiger charge is -2.34. The topological polar surface area (TPSA) is 71.2 Å². The van der Waals surface area contributed by atoms with Gasteiger partial charge in [-0.1, -0.05) is 6.07 Å². The van der Waals surface area contributed by atoms with Crippen molar-refractivity contribution >= 4 is 22.7 Å². The van der Waals surface area contributed by atoms with E-state index in [1.807, 2.05) is 37.4 Å². The molecule has 2 heterocycles. The van der Waals surface area contributed by atoms with Gasteiger partial charge in [-0.2, -0.15) is 0 Å². The molecular formula is C20H20N2O3. The summed E-state index contributed by atoms with van der Waals surface area (Å²) in [6.45, 7) is 1.87. The number of allylic oxidation sites excluding steroid dienone is 3.